The van der Waals surface area contributed by atoms with Crippen molar-refractivity contribution < 1.29 is 0 Å². The normalized spacial score (nSPS) is 13.7. The van der Waals surface area contributed by atoms with Gasteiger partial charge in [0.25, 0.3) is 0 Å². The molecule has 0 bridgehead atoms. The predicted octanol–water partition coefficient (Wildman–Crippen LogP) is 4.31. The molecule has 0 fully saturated rings. The van der Waals surface area contributed by atoms with Crippen LogP contribution in [0.15, 0.2) is 0 Å². The van der Waals surface area contributed by atoms with Gasteiger partial charge >= 0.3 is 128 Å². The Morgan fingerprint density at radius 1 is 0.600 bits per heavy atom. The van der Waals surface area contributed by atoms with Crippen molar-refractivity contribution in [2.75, 3.05) is 47.4 Å². The molecule has 124 valence electrons. The summed E-state index contributed by atoms with van der Waals surface area (Å²) in [5, 5.41) is 0. The Bertz CT molecular complexity index is 200. The van der Waals surface area contributed by atoms with E-state index in [1.165, 1.54) is 58.2 Å². The molecule has 0 N–H and O–H groups in total. The standard InChI is InChI=1S/C16H40N3P/c1-8-11-14-17(4)20(7,18(5)15-12-9-2)19(6)16-13-10-3/h20H,8-16H2,1-7H3. The summed E-state index contributed by atoms with van der Waals surface area (Å²) in [4.78, 5) is 0. The Morgan fingerprint density at radius 2 is 0.850 bits per heavy atom. The minimum absolute atomic E-state index is 1.23. The van der Waals surface area contributed by atoms with E-state index in [1.54, 1.807) is 0 Å². The van der Waals surface area contributed by atoms with Crippen LogP contribution in [0.1, 0.15) is 59.3 Å². The van der Waals surface area contributed by atoms with Crippen molar-refractivity contribution in [1.82, 2.24) is 14.0 Å². The second-order valence-corrected chi connectivity index (χ2v) is 10.5. The first-order valence-corrected chi connectivity index (χ1v) is 10.9. The number of rotatable bonds is 12. The first-order valence-electron chi connectivity index (χ1n) is 8.58. The van der Waals surface area contributed by atoms with Crippen molar-refractivity contribution in [3.63, 3.8) is 0 Å². The first-order chi connectivity index (χ1) is 9.44. The molecule has 20 heavy (non-hydrogen) atoms. The Morgan fingerprint density at radius 3 is 1.05 bits per heavy atom. The van der Waals surface area contributed by atoms with Gasteiger partial charge in [0.1, 0.15) is 0 Å². The van der Waals surface area contributed by atoms with Gasteiger partial charge in [0.2, 0.25) is 0 Å². The Hall–Kier alpha value is 0.310. The minimum atomic E-state index is -1.67. The molecule has 3 nitrogen and oxygen atoms in total. The van der Waals surface area contributed by atoms with Crippen molar-refractivity contribution >= 4 is 7.71 Å². The van der Waals surface area contributed by atoms with Crippen LogP contribution in [0.3, 0.4) is 0 Å². The maximum atomic E-state index is 2.67. The molecule has 0 spiro atoms. The van der Waals surface area contributed by atoms with Gasteiger partial charge in [0, 0.05) is 0 Å². The van der Waals surface area contributed by atoms with E-state index in [9.17, 15) is 0 Å². The summed E-state index contributed by atoms with van der Waals surface area (Å²) in [5.41, 5.74) is 0. The third kappa shape index (κ3) is 5.97. The molecule has 0 aromatic carbocycles. The number of nitrogens with zero attached hydrogens (tertiary/aromatic N) is 3. The summed E-state index contributed by atoms with van der Waals surface area (Å²) >= 11 is 0. The van der Waals surface area contributed by atoms with Crippen LogP contribution in [0.4, 0.5) is 0 Å². The Kier molecular flexibility index (Phi) is 11.1. The summed E-state index contributed by atoms with van der Waals surface area (Å²) in [6, 6.07) is 0. The van der Waals surface area contributed by atoms with Gasteiger partial charge in [-0.15, -0.1) is 0 Å². The van der Waals surface area contributed by atoms with E-state index >= 15 is 0 Å². The van der Waals surface area contributed by atoms with Crippen LogP contribution in [-0.4, -0.2) is 61.5 Å². The zero-order valence-electron chi connectivity index (χ0n) is 15.2. The van der Waals surface area contributed by atoms with Crippen LogP contribution in [0.5, 0.6) is 0 Å². The van der Waals surface area contributed by atoms with Gasteiger partial charge in [-0.05, 0) is 0 Å². The molecular formula is C16H40N3P. The Labute approximate surface area is 129 Å². The number of hydrogen-bond donors (Lipinski definition) is 0. The van der Waals surface area contributed by atoms with E-state index in [2.05, 4.69) is 62.6 Å². The van der Waals surface area contributed by atoms with E-state index < -0.39 is 7.71 Å². The van der Waals surface area contributed by atoms with Crippen molar-refractivity contribution in [2.24, 2.45) is 0 Å². The van der Waals surface area contributed by atoms with Crippen molar-refractivity contribution in [3.05, 3.63) is 0 Å². The summed E-state index contributed by atoms with van der Waals surface area (Å²) in [6.45, 7) is 13.1. The zero-order valence-corrected chi connectivity index (χ0v) is 16.2. The van der Waals surface area contributed by atoms with E-state index in [0.29, 0.717) is 0 Å². The fourth-order valence-corrected chi connectivity index (χ4v) is 6.19. The van der Waals surface area contributed by atoms with E-state index in [4.69, 9.17) is 0 Å². The summed E-state index contributed by atoms with van der Waals surface area (Å²) in [7, 11) is 5.35. The monoisotopic (exact) mass is 305 g/mol. The van der Waals surface area contributed by atoms with Crippen molar-refractivity contribution in [1.29, 1.82) is 0 Å². The molecule has 0 atom stereocenters. The van der Waals surface area contributed by atoms with Crippen LogP contribution in [0, 0.1) is 0 Å². The second kappa shape index (κ2) is 11.0. The van der Waals surface area contributed by atoms with Gasteiger partial charge in [-0.2, -0.15) is 0 Å². The molecule has 0 unspecified atom stereocenters. The van der Waals surface area contributed by atoms with Gasteiger partial charge in [-0.3, -0.25) is 0 Å². The molecular weight excluding hydrogens is 265 g/mol. The van der Waals surface area contributed by atoms with Gasteiger partial charge < -0.3 is 0 Å². The third-order valence-electron chi connectivity index (χ3n) is 4.71. The fraction of sp³-hybridized carbons (Fsp3) is 1.00. The Balaban J connectivity index is 4.88. The van der Waals surface area contributed by atoms with Gasteiger partial charge in [0.15, 0.2) is 0 Å². The molecule has 0 radical (unpaired) electrons. The van der Waals surface area contributed by atoms with Crippen LogP contribution in [0.2, 0.25) is 0 Å². The van der Waals surface area contributed by atoms with Crippen molar-refractivity contribution in [2.45, 2.75) is 59.3 Å². The number of hydrogen-bond acceptors (Lipinski definition) is 3. The quantitative estimate of drug-likeness (QED) is 0.498. The molecule has 0 aromatic heterocycles. The SMILES string of the molecule is CCCCN(C)[PH](C)(N(C)CCCC)N(C)CCCC. The first kappa shape index (κ1) is 20.3. The molecule has 0 aliphatic carbocycles. The molecule has 4 heteroatoms. The molecule has 0 amide bonds. The van der Waals surface area contributed by atoms with Gasteiger partial charge in [0.05, 0.1) is 0 Å². The third-order valence-corrected chi connectivity index (χ3v) is 9.72. The molecule has 0 rings (SSSR count). The molecule has 0 aliphatic heterocycles. The van der Waals surface area contributed by atoms with Crippen LogP contribution in [-0.2, 0) is 0 Å². The fourth-order valence-electron chi connectivity index (χ4n) is 2.70. The van der Waals surface area contributed by atoms with Crippen molar-refractivity contribution in [3.8, 4) is 0 Å². The maximum absolute atomic E-state index is 2.67. The summed E-state index contributed by atoms with van der Waals surface area (Å²) in [6.07, 6.45) is 7.78. The summed E-state index contributed by atoms with van der Waals surface area (Å²) < 4.78 is 8.01. The van der Waals surface area contributed by atoms with Gasteiger partial charge in [-0.1, -0.05) is 0 Å². The van der Waals surface area contributed by atoms with Crippen LogP contribution >= 0.6 is 7.71 Å². The second-order valence-electron chi connectivity index (χ2n) is 6.30. The van der Waals surface area contributed by atoms with Crippen LogP contribution < -0.4 is 0 Å². The molecule has 0 heterocycles. The average Bonchev–Trinajstić information content (AvgIpc) is 2.46. The predicted molar refractivity (Wildman–Crippen MR) is 96.9 cm³/mol. The van der Waals surface area contributed by atoms with E-state index in [1.807, 2.05) is 0 Å². The topological polar surface area (TPSA) is 9.72 Å². The molecule has 0 saturated carbocycles. The van der Waals surface area contributed by atoms with E-state index in [-0.39, 0.29) is 0 Å². The summed E-state index contributed by atoms with van der Waals surface area (Å²) in [5.74, 6) is 0. The molecule has 0 aromatic rings. The van der Waals surface area contributed by atoms with Gasteiger partial charge in [-0.25, -0.2) is 0 Å². The molecule has 0 aliphatic rings. The zero-order chi connectivity index (χ0) is 15.6. The van der Waals surface area contributed by atoms with Crippen LogP contribution in [0.25, 0.3) is 0 Å². The molecule has 0 saturated heterocycles. The average molecular weight is 305 g/mol. The van der Waals surface area contributed by atoms with E-state index in [0.717, 1.165) is 0 Å². The number of unbranched alkanes of at least 4 members (excludes halogenated alkanes) is 3.